The van der Waals surface area contributed by atoms with Gasteiger partial charge in [-0.1, -0.05) is 0 Å². The first kappa shape index (κ1) is 28.0. The molecule has 0 spiro atoms. The minimum absolute atomic E-state index is 0.0228. The predicted octanol–water partition coefficient (Wildman–Crippen LogP) is 4.63. The summed E-state index contributed by atoms with van der Waals surface area (Å²) in [5.41, 5.74) is 2.44. The van der Waals surface area contributed by atoms with Crippen molar-refractivity contribution >= 4 is 50.7 Å². The van der Waals surface area contributed by atoms with Gasteiger partial charge in [0.2, 0.25) is 0 Å². The van der Waals surface area contributed by atoms with Crippen LogP contribution in [-0.4, -0.2) is 41.0 Å². The van der Waals surface area contributed by atoms with Gasteiger partial charge in [-0.15, -0.1) is 11.3 Å². The first-order valence-electron chi connectivity index (χ1n) is 13.5. The number of hydrogen-bond donors (Lipinski definition) is 3. The molecule has 0 aliphatic heterocycles. The van der Waals surface area contributed by atoms with Crippen molar-refractivity contribution in [2.75, 3.05) is 23.8 Å². The first-order valence-corrected chi connectivity index (χ1v) is 14.3. The van der Waals surface area contributed by atoms with Crippen LogP contribution in [0.1, 0.15) is 52.8 Å². The zero-order valence-electron chi connectivity index (χ0n) is 22.6. The van der Waals surface area contributed by atoms with Gasteiger partial charge in [0.05, 0.1) is 18.4 Å². The number of carbonyl (C=O) groups excluding carboxylic acids is 3. The quantitative estimate of drug-likeness (QED) is 0.235. The number of aromatic amines is 1. The Hall–Kier alpha value is -4.51. The number of benzene rings is 2. The molecule has 0 atom stereocenters. The normalized spacial score (nSPS) is 12.4. The molecule has 4 aromatic rings. The van der Waals surface area contributed by atoms with Crippen molar-refractivity contribution in [2.45, 2.75) is 45.4 Å². The summed E-state index contributed by atoms with van der Waals surface area (Å²) < 4.78 is 10.5. The SMILES string of the molecule is CCOc1ccc(NC(=O)c2ccc(NC(=O)COC(=O)CCc3nc4sc5c(c4c(=O)[nH]3)CCCC5)cc2)cc1. The van der Waals surface area contributed by atoms with Crippen LogP contribution in [0.4, 0.5) is 11.4 Å². The lowest BCUT2D eigenvalue weighted by Crippen LogP contribution is -2.21. The summed E-state index contributed by atoms with van der Waals surface area (Å²) in [4.78, 5) is 59.0. The van der Waals surface area contributed by atoms with E-state index in [9.17, 15) is 19.2 Å². The molecule has 212 valence electrons. The van der Waals surface area contributed by atoms with E-state index < -0.39 is 18.5 Å². The largest absolute Gasteiger partial charge is 0.494 e. The second-order valence-corrected chi connectivity index (χ2v) is 10.7. The molecule has 0 radical (unpaired) electrons. The summed E-state index contributed by atoms with van der Waals surface area (Å²) in [6.45, 7) is 2.00. The smallest absolute Gasteiger partial charge is 0.306 e. The lowest BCUT2D eigenvalue weighted by Gasteiger charge is -2.09. The van der Waals surface area contributed by atoms with Crippen LogP contribution in [0.2, 0.25) is 0 Å². The van der Waals surface area contributed by atoms with Crippen molar-refractivity contribution in [1.29, 1.82) is 0 Å². The van der Waals surface area contributed by atoms with Gasteiger partial charge < -0.3 is 25.1 Å². The number of H-pyrrole nitrogens is 1. The Kier molecular flexibility index (Phi) is 8.73. The van der Waals surface area contributed by atoms with E-state index in [1.807, 2.05) is 6.92 Å². The van der Waals surface area contributed by atoms with Crippen molar-refractivity contribution in [3.63, 3.8) is 0 Å². The molecule has 0 unspecified atom stereocenters. The van der Waals surface area contributed by atoms with Gasteiger partial charge in [-0.25, -0.2) is 4.98 Å². The van der Waals surface area contributed by atoms with Crippen LogP contribution < -0.4 is 20.9 Å². The molecule has 1 aliphatic rings. The van der Waals surface area contributed by atoms with Crippen molar-refractivity contribution in [1.82, 2.24) is 9.97 Å². The average Bonchev–Trinajstić information content (AvgIpc) is 3.35. The number of rotatable bonds is 10. The molecule has 5 rings (SSSR count). The maximum atomic E-state index is 12.7. The van der Waals surface area contributed by atoms with Gasteiger partial charge in [0.25, 0.3) is 17.4 Å². The lowest BCUT2D eigenvalue weighted by atomic mass is 9.97. The summed E-state index contributed by atoms with van der Waals surface area (Å²) >= 11 is 1.56. The Labute approximate surface area is 240 Å². The molecule has 0 saturated heterocycles. The Morgan fingerprint density at radius 2 is 1.68 bits per heavy atom. The third-order valence-corrected chi connectivity index (χ3v) is 7.84. The van der Waals surface area contributed by atoms with Crippen molar-refractivity contribution in [3.05, 3.63) is 80.7 Å². The number of aromatic nitrogens is 2. The van der Waals surface area contributed by atoms with E-state index in [1.54, 1.807) is 59.9 Å². The highest BCUT2D eigenvalue weighted by molar-refractivity contribution is 7.18. The van der Waals surface area contributed by atoms with E-state index in [4.69, 9.17) is 9.47 Å². The first-order chi connectivity index (χ1) is 19.9. The van der Waals surface area contributed by atoms with Crippen LogP contribution in [0.5, 0.6) is 5.75 Å². The summed E-state index contributed by atoms with van der Waals surface area (Å²) in [6, 6.07) is 13.4. The van der Waals surface area contributed by atoms with E-state index in [2.05, 4.69) is 20.6 Å². The fraction of sp³-hybridized carbons (Fsp3) is 0.300. The van der Waals surface area contributed by atoms with Crippen LogP contribution in [-0.2, 0) is 33.6 Å². The Morgan fingerprint density at radius 1 is 0.976 bits per heavy atom. The molecule has 0 saturated carbocycles. The number of amides is 2. The van der Waals surface area contributed by atoms with Crippen molar-refractivity contribution < 1.29 is 23.9 Å². The summed E-state index contributed by atoms with van der Waals surface area (Å²) in [7, 11) is 0. The maximum absolute atomic E-state index is 12.7. The van der Waals surface area contributed by atoms with E-state index >= 15 is 0 Å². The van der Waals surface area contributed by atoms with Gasteiger partial charge in [-0.05, 0) is 86.7 Å². The number of hydrogen-bond acceptors (Lipinski definition) is 8. The van der Waals surface area contributed by atoms with Crippen molar-refractivity contribution in [2.24, 2.45) is 0 Å². The van der Waals surface area contributed by atoms with E-state index in [1.165, 1.54) is 4.88 Å². The minimum atomic E-state index is -0.574. The molecular weight excluding hydrogens is 544 g/mol. The van der Waals surface area contributed by atoms with E-state index in [-0.39, 0.29) is 24.3 Å². The molecule has 2 aromatic carbocycles. The zero-order chi connectivity index (χ0) is 28.8. The number of thiophene rings is 1. The second-order valence-electron chi connectivity index (χ2n) is 9.60. The number of aryl methyl sites for hydroxylation is 3. The number of fused-ring (bicyclic) bond motifs is 3. The van der Waals surface area contributed by atoms with Crippen LogP contribution in [0.25, 0.3) is 10.2 Å². The number of anilines is 2. The predicted molar refractivity (Wildman–Crippen MR) is 157 cm³/mol. The van der Waals surface area contributed by atoms with Crippen molar-refractivity contribution in [3.8, 4) is 5.75 Å². The molecule has 2 aromatic heterocycles. The number of ether oxygens (including phenoxy) is 2. The van der Waals surface area contributed by atoms with Crippen LogP contribution >= 0.6 is 11.3 Å². The summed E-state index contributed by atoms with van der Waals surface area (Å²) in [5.74, 6) is -0.237. The van der Waals surface area contributed by atoms with Gasteiger partial charge in [-0.3, -0.25) is 19.2 Å². The second kappa shape index (κ2) is 12.8. The molecule has 1 aliphatic carbocycles. The molecule has 41 heavy (non-hydrogen) atoms. The Bertz CT molecular complexity index is 1630. The molecule has 0 bridgehead atoms. The summed E-state index contributed by atoms with van der Waals surface area (Å²) in [6.07, 6.45) is 4.26. The van der Waals surface area contributed by atoms with Crippen LogP contribution in [0, 0.1) is 0 Å². The van der Waals surface area contributed by atoms with Gasteiger partial charge in [-0.2, -0.15) is 0 Å². The monoisotopic (exact) mass is 574 g/mol. The number of esters is 1. The van der Waals surface area contributed by atoms with Gasteiger partial charge in [0.1, 0.15) is 16.4 Å². The molecule has 11 heteroatoms. The standard InChI is InChI=1S/C30H30N4O6S/c1-2-39-21-13-11-20(12-14-21)32-28(37)18-7-9-19(10-8-18)31-25(35)17-40-26(36)16-15-24-33-29(38)27-22-5-3-4-6-23(22)41-30(27)34-24/h7-14H,2-6,15-17H2,1H3,(H,31,35)(H,32,37)(H,33,34,38). The zero-order valence-corrected chi connectivity index (χ0v) is 23.4. The summed E-state index contributed by atoms with van der Waals surface area (Å²) in [5, 5.41) is 6.12. The molecular formula is C30H30N4O6S. The average molecular weight is 575 g/mol. The van der Waals surface area contributed by atoms with Crippen LogP contribution in [0.15, 0.2) is 53.3 Å². The Balaban J connectivity index is 1.07. The number of carbonyl (C=O) groups is 3. The fourth-order valence-electron chi connectivity index (χ4n) is 4.67. The number of nitrogens with one attached hydrogen (secondary N) is 3. The highest BCUT2D eigenvalue weighted by Crippen LogP contribution is 2.33. The van der Waals surface area contributed by atoms with Gasteiger partial charge in [0, 0.05) is 28.2 Å². The molecule has 10 nitrogen and oxygen atoms in total. The van der Waals surface area contributed by atoms with Crippen LogP contribution in [0.3, 0.4) is 0 Å². The van der Waals surface area contributed by atoms with E-state index in [0.29, 0.717) is 39.6 Å². The molecule has 0 fully saturated rings. The molecule has 3 N–H and O–H groups in total. The third kappa shape index (κ3) is 6.98. The lowest BCUT2D eigenvalue weighted by molar-refractivity contribution is -0.147. The van der Waals surface area contributed by atoms with E-state index in [0.717, 1.165) is 37.0 Å². The maximum Gasteiger partial charge on any atom is 0.306 e. The van der Waals surface area contributed by atoms with Gasteiger partial charge in [0.15, 0.2) is 6.61 Å². The molecule has 2 heterocycles. The third-order valence-electron chi connectivity index (χ3n) is 6.66. The minimum Gasteiger partial charge on any atom is -0.494 e. The Morgan fingerprint density at radius 3 is 2.44 bits per heavy atom. The highest BCUT2D eigenvalue weighted by atomic mass is 32.1. The molecule has 2 amide bonds. The topological polar surface area (TPSA) is 139 Å². The fourth-order valence-corrected chi connectivity index (χ4v) is 5.95. The number of nitrogens with zero attached hydrogens (tertiary/aromatic N) is 1. The van der Waals surface area contributed by atoms with Gasteiger partial charge >= 0.3 is 5.97 Å². The highest BCUT2D eigenvalue weighted by Gasteiger charge is 2.20.